The Morgan fingerprint density at radius 3 is 0.700 bits per heavy atom. The van der Waals surface area contributed by atoms with Gasteiger partial charge < -0.3 is 0 Å². The maximum absolute atomic E-state index is 3.00. The second kappa shape index (κ2) is 23.0. The van der Waals surface area contributed by atoms with Gasteiger partial charge in [-0.1, -0.05) is 32.1 Å². The summed E-state index contributed by atoms with van der Waals surface area (Å²) in [4.78, 5) is 0. The molecule has 63 valence electrons. The van der Waals surface area contributed by atoms with Crippen molar-refractivity contribution in [3.63, 3.8) is 0 Å². The van der Waals surface area contributed by atoms with Crippen LogP contribution in [-0.2, 0) is 19.5 Å². The molecule has 1 rings (SSSR count). The molecule has 0 aliphatic heterocycles. The third-order valence-corrected chi connectivity index (χ3v) is 1.25. The van der Waals surface area contributed by atoms with Crippen LogP contribution in [0.2, 0.25) is 0 Å². The first-order chi connectivity index (χ1) is 4.50. The van der Waals surface area contributed by atoms with Gasteiger partial charge in [-0.2, -0.15) is 0 Å². The van der Waals surface area contributed by atoms with Crippen LogP contribution in [0, 0.1) is 0 Å². The van der Waals surface area contributed by atoms with Gasteiger partial charge in [0, 0.05) is 19.5 Å². The van der Waals surface area contributed by atoms with Crippen LogP contribution < -0.4 is 0 Å². The molecule has 0 unspecified atom stereocenters. The Morgan fingerprint density at radius 1 is 0.500 bits per heavy atom. The molecule has 0 saturated heterocycles. The van der Waals surface area contributed by atoms with Crippen LogP contribution in [-0.4, -0.2) is 0 Å². The Morgan fingerprint density at radius 2 is 0.600 bits per heavy atom. The fourth-order valence-corrected chi connectivity index (χ4v) is 0.884. The van der Waals surface area contributed by atoms with E-state index in [1.807, 2.05) is 0 Å². The van der Waals surface area contributed by atoms with E-state index in [2.05, 4.69) is 26.3 Å². The van der Waals surface area contributed by atoms with Crippen LogP contribution in [0.1, 0.15) is 32.1 Å². The summed E-state index contributed by atoms with van der Waals surface area (Å²) in [6, 6.07) is 0. The molecule has 0 N–H and O–H groups in total. The minimum absolute atomic E-state index is 0. The van der Waals surface area contributed by atoms with E-state index in [9.17, 15) is 0 Å². The van der Waals surface area contributed by atoms with Gasteiger partial charge >= 0.3 is 0 Å². The topological polar surface area (TPSA) is 0 Å². The molecule has 1 aliphatic carbocycles. The van der Waals surface area contributed by atoms with Crippen LogP contribution in [0.5, 0.6) is 0 Å². The van der Waals surface area contributed by atoms with Gasteiger partial charge in [-0.3, -0.25) is 0 Å². The van der Waals surface area contributed by atoms with E-state index >= 15 is 0 Å². The molecule has 1 heteroatoms. The first-order valence-corrected chi connectivity index (χ1v) is 3.50. The number of hydrogen-bond acceptors (Lipinski definition) is 0. The van der Waals surface area contributed by atoms with Crippen molar-refractivity contribution in [2.75, 3.05) is 0 Å². The molecule has 1 fully saturated rings. The molecular weight excluding hydrogens is 211 g/mol. The van der Waals surface area contributed by atoms with Crippen LogP contribution in [0.15, 0.2) is 26.3 Å². The van der Waals surface area contributed by atoms with Gasteiger partial charge in [-0.15, -0.1) is 26.3 Å². The van der Waals surface area contributed by atoms with Gasteiger partial charge in [0.05, 0.1) is 0 Å². The molecular formula is C9H18Rh. The van der Waals surface area contributed by atoms with Crippen molar-refractivity contribution in [2.45, 2.75) is 32.1 Å². The first-order valence-electron chi connectivity index (χ1n) is 3.50. The summed E-state index contributed by atoms with van der Waals surface area (Å²) in [6.45, 7) is 12.0. The molecule has 1 saturated carbocycles. The minimum atomic E-state index is 0. The van der Waals surface area contributed by atoms with E-state index in [1.165, 1.54) is 32.1 Å². The monoisotopic (exact) mass is 229 g/mol. The predicted molar refractivity (Wildman–Crippen MR) is 45.6 cm³/mol. The van der Waals surface area contributed by atoms with Crippen molar-refractivity contribution in [2.24, 2.45) is 0 Å². The summed E-state index contributed by atoms with van der Waals surface area (Å²) in [5, 5.41) is 0. The smallest absolute Gasteiger partial charge is 0 e. The van der Waals surface area contributed by atoms with Crippen LogP contribution >= 0.6 is 0 Å². The zero-order valence-electron chi connectivity index (χ0n) is 6.70. The summed E-state index contributed by atoms with van der Waals surface area (Å²) in [5.74, 6) is 0. The van der Waals surface area contributed by atoms with Gasteiger partial charge in [0.1, 0.15) is 0 Å². The SMILES string of the molecule is C1CCCC1.C=C.C=C.[Rh]. The molecule has 0 aromatic carbocycles. The maximum Gasteiger partial charge on any atom is 0 e. The summed E-state index contributed by atoms with van der Waals surface area (Å²) in [5.41, 5.74) is 0. The molecule has 0 nitrogen and oxygen atoms in total. The van der Waals surface area contributed by atoms with Crippen molar-refractivity contribution in [1.82, 2.24) is 0 Å². The average Bonchev–Trinajstić information content (AvgIpc) is 2.51. The summed E-state index contributed by atoms with van der Waals surface area (Å²) in [6.07, 6.45) is 7.50. The van der Waals surface area contributed by atoms with E-state index < -0.39 is 0 Å². The Labute approximate surface area is 78.2 Å². The minimum Gasteiger partial charge on any atom is -0.106 e. The van der Waals surface area contributed by atoms with Gasteiger partial charge in [-0.25, -0.2) is 0 Å². The molecule has 1 aliphatic rings. The summed E-state index contributed by atoms with van der Waals surface area (Å²) in [7, 11) is 0. The largest absolute Gasteiger partial charge is 0.106 e. The Kier molecular flexibility index (Phi) is 38.1. The van der Waals surface area contributed by atoms with Crippen LogP contribution in [0.25, 0.3) is 0 Å². The van der Waals surface area contributed by atoms with E-state index in [-0.39, 0.29) is 19.5 Å². The third-order valence-electron chi connectivity index (χ3n) is 1.25. The van der Waals surface area contributed by atoms with Crippen LogP contribution in [0.4, 0.5) is 0 Å². The third kappa shape index (κ3) is 15.7. The van der Waals surface area contributed by atoms with Crippen molar-refractivity contribution in [3.05, 3.63) is 26.3 Å². The predicted octanol–water partition coefficient (Wildman–Crippen LogP) is 3.55. The standard InChI is InChI=1S/C5H10.2C2H4.Rh/c1-2-4-5-3-1;2*1-2;/h1-5H2;2*1-2H2;. The van der Waals surface area contributed by atoms with Gasteiger partial charge in [-0.05, 0) is 0 Å². The fourth-order valence-electron chi connectivity index (χ4n) is 0.884. The molecule has 10 heavy (non-hydrogen) atoms. The Bertz CT molecular complexity index is 30.4. The fraction of sp³-hybridized carbons (Fsp3) is 0.556. The van der Waals surface area contributed by atoms with Crippen molar-refractivity contribution in [1.29, 1.82) is 0 Å². The molecule has 0 spiro atoms. The summed E-state index contributed by atoms with van der Waals surface area (Å²) < 4.78 is 0. The first kappa shape index (κ1) is 16.6. The zero-order chi connectivity index (χ0) is 7.54. The van der Waals surface area contributed by atoms with Gasteiger partial charge in [0.25, 0.3) is 0 Å². The second-order valence-electron chi connectivity index (χ2n) is 1.77. The normalized spacial score (nSPS) is 12.8. The number of hydrogen-bond donors (Lipinski definition) is 0. The van der Waals surface area contributed by atoms with E-state index in [4.69, 9.17) is 0 Å². The Hall–Kier alpha value is 0.103. The quantitative estimate of drug-likeness (QED) is 0.440. The molecule has 0 aromatic rings. The number of rotatable bonds is 0. The average molecular weight is 229 g/mol. The van der Waals surface area contributed by atoms with Crippen molar-refractivity contribution in [3.8, 4) is 0 Å². The Balaban J connectivity index is -0.0000000875. The molecule has 0 amide bonds. The molecule has 0 atom stereocenters. The maximum atomic E-state index is 3.00. The van der Waals surface area contributed by atoms with Gasteiger partial charge in [0.2, 0.25) is 0 Å². The molecule has 0 heterocycles. The molecule has 1 radical (unpaired) electrons. The van der Waals surface area contributed by atoms with E-state index in [1.54, 1.807) is 0 Å². The molecule has 0 bridgehead atoms. The van der Waals surface area contributed by atoms with Crippen LogP contribution in [0.3, 0.4) is 0 Å². The molecule has 0 aromatic heterocycles. The summed E-state index contributed by atoms with van der Waals surface area (Å²) >= 11 is 0. The van der Waals surface area contributed by atoms with E-state index in [0.717, 1.165) is 0 Å². The van der Waals surface area contributed by atoms with Gasteiger partial charge in [0.15, 0.2) is 0 Å². The van der Waals surface area contributed by atoms with Crippen molar-refractivity contribution < 1.29 is 19.5 Å². The zero-order valence-corrected chi connectivity index (χ0v) is 8.34. The second-order valence-corrected chi connectivity index (χ2v) is 1.77. The van der Waals surface area contributed by atoms with E-state index in [0.29, 0.717) is 0 Å². The van der Waals surface area contributed by atoms with Crippen molar-refractivity contribution >= 4 is 0 Å².